The lowest BCUT2D eigenvalue weighted by Gasteiger charge is -2.21. The molecule has 0 saturated heterocycles. The zero-order chi connectivity index (χ0) is 23.5. The molecule has 0 unspecified atom stereocenters. The number of fused-ring (bicyclic) bond motifs is 1. The number of ether oxygens (including phenoxy) is 3. The van der Waals surface area contributed by atoms with Gasteiger partial charge in [0.15, 0.2) is 0 Å². The normalized spacial score (nSPS) is 15.6. The van der Waals surface area contributed by atoms with Crippen molar-refractivity contribution < 1.29 is 23.8 Å². The van der Waals surface area contributed by atoms with Crippen molar-refractivity contribution >= 4 is 28.3 Å². The molecule has 0 radical (unpaired) electrons. The Morgan fingerprint density at radius 2 is 1.97 bits per heavy atom. The van der Waals surface area contributed by atoms with E-state index >= 15 is 0 Å². The van der Waals surface area contributed by atoms with Crippen LogP contribution in [-0.4, -0.2) is 36.3 Å². The zero-order valence-corrected chi connectivity index (χ0v) is 20.3. The Labute approximate surface area is 197 Å². The van der Waals surface area contributed by atoms with Crippen LogP contribution < -0.4 is 14.8 Å². The molecule has 8 nitrogen and oxygen atoms in total. The Morgan fingerprint density at radius 1 is 1.21 bits per heavy atom. The van der Waals surface area contributed by atoms with Crippen molar-refractivity contribution in [2.45, 2.75) is 64.9 Å². The summed E-state index contributed by atoms with van der Waals surface area (Å²) in [5.41, 5.74) is 4.04. The fraction of sp³-hybridized carbons (Fsp3) is 0.500. The van der Waals surface area contributed by atoms with Crippen molar-refractivity contribution in [3.8, 4) is 11.5 Å². The number of rotatable bonds is 9. The van der Waals surface area contributed by atoms with Gasteiger partial charge in [-0.25, -0.2) is 4.79 Å². The number of carbonyl (C=O) groups excluding carboxylic acids is 2. The van der Waals surface area contributed by atoms with E-state index in [0.29, 0.717) is 47.4 Å². The van der Waals surface area contributed by atoms with Crippen LogP contribution in [0.4, 0.5) is 5.13 Å². The van der Waals surface area contributed by atoms with E-state index in [9.17, 15) is 9.59 Å². The van der Waals surface area contributed by atoms with E-state index in [-0.39, 0.29) is 18.5 Å². The van der Waals surface area contributed by atoms with Crippen LogP contribution in [0.5, 0.6) is 11.5 Å². The molecule has 1 aliphatic heterocycles. The van der Waals surface area contributed by atoms with Gasteiger partial charge in [-0.05, 0) is 45.1 Å². The fourth-order valence-electron chi connectivity index (χ4n) is 4.21. The number of nitrogens with one attached hydrogen (secondary N) is 1. The predicted molar refractivity (Wildman–Crippen MR) is 125 cm³/mol. The van der Waals surface area contributed by atoms with E-state index in [1.165, 1.54) is 17.8 Å². The lowest BCUT2D eigenvalue weighted by atomic mass is 9.86. The molecule has 176 valence electrons. The Bertz CT molecular complexity index is 1100. The number of hydrogen-bond acceptors (Lipinski definition) is 8. The number of carbonyl (C=O) groups is 2. The van der Waals surface area contributed by atoms with Gasteiger partial charge in [-0.3, -0.25) is 4.79 Å². The average Bonchev–Trinajstić information content (AvgIpc) is 3.36. The first-order valence-electron chi connectivity index (χ1n) is 11.1. The maximum absolute atomic E-state index is 12.4. The largest absolute Gasteiger partial charge is 0.496 e. The number of methoxy groups -OCH3 is 2. The number of hydrogen-bond donors (Lipinski definition) is 1. The monoisotopic (exact) mass is 471 g/mol. The first-order valence-corrected chi connectivity index (χ1v) is 12.0. The number of allylic oxidation sites excluding steroid dienone is 2. The topological polar surface area (TPSA) is 99.6 Å². The summed E-state index contributed by atoms with van der Waals surface area (Å²) in [7, 11) is 3.16. The number of esters is 1. The number of amides is 1. The zero-order valence-electron chi connectivity index (χ0n) is 19.4. The van der Waals surface area contributed by atoms with Crippen molar-refractivity contribution in [3.63, 3.8) is 0 Å². The molecule has 1 N–H and O–H groups in total. The Kier molecular flexibility index (Phi) is 6.97. The highest BCUT2D eigenvalue weighted by molar-refractivity contribution is 7.15. The molecule has 2 aromatic rings. The molecule has 2 heterocycles. The maximum Gasteiger partial charge on any atom is 0.342 e. The van der Waals surface area contributed by atoms with Crippen LogP contribution in [0, 0.1) is 6.92 Å². The minimum Gasteiger partial charge on any atom is -0.496 e. The minimum absolute atomic E-state index is 0.0784. The Balaban J connectivity index is 1.40. The van der Waals surface area contributed by atoms with Gasteiger partial charge in [0.25, 0.3) is 0 Å². The molecule has 4 rings (SSSR count). The third-order valence-corrected chi connectivity index (χ3v) is 7.37. The lowest BCUT2D eigenvalue weighted by Crippen LogP contribution is -2.11. The third kappa shape index (κ3) is 4.73. The van der Waals surface area contributed by atoms with Gasteiger partial charge >= 0.3 is 5.97 Å². The summed E-state index contributed by atoms with van der Waals surface area (Å²) < 4.78 is 16.5. The molecule has 1 amide bonds. The van der Waals surface area contributed by atoms with Crippen LogP contribution in [0.3, 0.4) is 0 Å². The molecule has 0 bridgehead atoms. The van der Waals surface area contributed by atoms with Gasteiger partial charge in [0.2, 0.25) is 11.0 Å². The molecule has 33 heavy (non-hydrogen) atoms. The molecule has 1 aliphatic carbocycles. The average molecular weight is 472 g/mol. The van der Waals surface area contributed by atoms with Gasteiger partial charge < -0.3 is 19.5 Å². The van der Waals surface area contributed by atoms with Crippen molar-refractivity contribution in [3.05, 3.63) is 38.9 Å². The van der Waals surface area contributed by atoms with E-state index < -0.39 is 0 Å². The van der Waals surface area contributed by atoms with Gasteiger partial charge in [0.05, 0.1) is 14.2 Å². The van der Waals surface area contributed by atoms with E-state index in [0.717, 1.165) is 40.1 Å². The predicted octanol–water partition coefficient (Wildman–Crippen LogP) is 4.71. The van der Waals surface area contributed by atoms with Crippen LogP contribution in [0.1, 0.15) is 77.0 Å². The highest BCUT2D eigenvalue weighted by Gasteiger charge is 2.32. The first-order chi connectivity index (χ1) is 15.9. The molecule has 1 aromatic carbocycles. The lowest BCUT2D eigenvalue weighted by molar-refractivity contribution is -0.116. The second-order valence-corrected chi connectivity index (χ2v) is 9.48. The van der Waals surface area contributed by atoms with Gasteiger partial charge in [0, 0.05) is 23.5 Å². The number of nitrogens with zero attached hydrogens (tertiary/aromatic N) is 2. The van der Waals surface area contributed by atoms with Gasteiger partial charge in [-0.2, -0.15) is 0 Å². The SMILES string of the molecule is COc1c(C)c2c(c(OC)c1CC=C(C)CCC(=O)Nc1nnc(C3CCC3)s1)C(=O)OC2. The van der Waals surface area contributed by atoms with Crippen molar-refractivity contribution in [1.82, 2.24) is 10.2 Å². The molecular formula is C24H29N3O5S. The summed E-state index contributed by atoms with van der Waals surface area (Å²) >= 11 is 1.47. The molecule has 9 heteroatoms. The summed E-state index contributed by atoms with van der Waals surface area (Å²) in [6, 6.07) is 0. The van der Waals surface area contributed by atoms with E-state index in [1.54, 1.807) is 14.2 Å². The number of cyclic esters (lactones) is 1. The highest BCUT2D eigenvalue weighted by Crippen LogP contribution is 2.42. The summed E-state index contributed by atoms with van der Waals surface area (Å²) in [6.45, 7) is 4.14. The van der Waals surface area contributed by atoms with E-state index in [2.05, 4.69) is 15.5 Å². The van der Waals surface area contributed by atoms with Gasteiger partial charge in [-0.15, -0.1) is 10.2 Å². The number of aromatic nitrogens is 2. The van der Waals surface area contributed by atoms with Crippen LogP contribution in [0.2, 0.25) is 0 Å². The quantitative estimate of drug-likeness (QED) is 0.418. The summed E-state index contributed by atoms with van der Waals surface area (Å²) in [6.07, 6.45) is 7.08. The summed E-state index contributed by atoms with van der Waals surface area (Å²) in [5.74, 6) is 1.25. The third-order valence-electron chi connectivity index (χ3n) is 6.37. The fourth-order valence-corrected chi connectivity index (χ4v) is 5.14. The molecule has 0 spiro atoms. The van der Waals surface area contributed by atoms with Gasteiger partial charge in [0.1, 0.15) is 28.7 Å². The minimum atomic E-state index is -0.372. The number of anilines is 1. The van der Waals surface area contributed by atoms with Crippen LogP contribution in [0.15, 0.2) is 11.6 Å². The summed E-state index contributed by atoms with van der Waals surface area (Å²) in [4.78, 5) is 24.6. The number of benzene rings is 1. The molecular weight excluding hydrogens is 442 g/mol. The second kappa shape index (κ2) is 9.91. The van der Waals surface area contributed by atoms with E-state index in [4.69, 9.17) is 14.2 Å². The summed E-state index contributed by atoms with van der Waals surface area (Å²) in [5, 5.41) is 12.7. The highest BCUT2D eigenvalue weighted by atomic mass is 32.1. The van der Waals surface area contributed by atoms with Crippen molar-refractivity contribution in [2.24, 2.45) is 0 Å². The molecule has 1 aromatic heterocycles. The maximum atomic E-state index is 12.4. The Morgan fingerprint density at radius 3 is 2.64 bits per heavy atom. The molecule has 1 saturated carbocycles. The first kappa shape index (κ1) is 23.2. The van der Waals surface area contributed by atoms with Crippen LogP contribution >= 0.6 is 11.3 Å². The molecule has 2 aliphatic rings. The molecule has 0 atom stereocenters. The van der Waals surface area contributed by atoms with Crippen molar-refractivity contribution in [1.29, 1.82) is 0 Å². The van der Waals surface area contributed by atoms with Crippen LogP contribution in [-0.2, 0) is 22.6 Å². The van der Waals surface area contributed by atoms with Crippen molar-refractivity contribution in [2.75, 3.05) is 19.5 Å². The second-order valence-electron chi connectivity index (χ2n) is 8.48. The Hall–Kier alpha value is -2.94. The van der Waals surface area contributed by atoms with Crippen LogP contribution in [0.25, 0.3) is 0 Å². The molecule has 1 fully saturated rings. The smallest absolute Gasteiger partial charge is 0.342 e. The standard InChI is InChI=1S/C24H29N3O5S/c1-13(9-11-18(28)25-24-27-26-22(33-24)15-6-5-7-15)8-10-16-20(30-3)14(2)17-12-32-23(29)19(17)21(16)31-4/h8,15H,5-7,9-12H2,1-4H3,(H,25,27,28). The van der Waals surface area contributed by atoms with Gasteiger partial charge in [-0.1, -0.05) is 29.4 Å². The van der Waals surface area contributed by atoms with E-state index in [1.807, 2.05) is 19.9 Å².